The van der Waals surface area contributed by atoms with Gasteiger partial charge < -0.3 is 15.0 Å². The van der Waals surface area contributed by atoms with Crippen LogP contribution in [-0.4, -0.2) is 38.2 Å². The number of H-pyrrole nitrogens is 2. The van der Waals surface area contributed by atoms with Crippen LogP contribution in [0, 0.1) is 0 Å². The van der Waals surface area contributed by atoms with Crippen molar-refractivity contribution in [1.82, 2.24) is 25.1 Å². The van der Waals surface area contributed by atoms with Gasteiger partial charge in [0, 0.05) is 22.3 Å². The van der Waals surface area contributed by atoms with Gasteiger partial charge in [-0.1, -0.05) is 12.1 Å². The summed E-state index contributed by atoms with van der Waals surface area (Å²) in [5.74, 6) is 1.25. The number of benzene rings is 2. The fraction of sp³-hybridized carbons (Fsp3) is 0.0909. The van der Waals surface area contributed by atoms with Crippen LogP contribution in [0.4, 0.5) is 5.69 Å². The van der Waals surface area contributed by atoms with Gasteiger partial charge in [0.15, 0.2) is 5.65 Å². The molecule has 0 unspecified atom stereocenters. The number of nitrogens with one attached hydrogen (secondary N) is 3. The van der Waals surface area contributed by atoms with E-state index < -0.39 is 0 Å². The molecule has 0 saturated heterocycles. The van der Waals surface area contributed by atoms with Crippen LogP contribution >= 0.6 is 11.8 Å². The number of nitrogens with zero attached hydrogens (tertiary/aromatic N) is 3. The van der Waals surface area contributed by atoms with Crippen molar-refractivity contribution >= 4 is 45.3 Å². The number of thioether (sulfide) groups is 1. The maximum atomic E-state index is 12.7. The highest BCUT2D eigenvalue weighted by molar-refractivity contribution is 7.98. The minimum absolute atomic E-state index is 0.198. The molecule has 0 aliphatic carbocycles. The minimum atomic E-state index is -0.198. The lowest BCUT2D eigenvalue weighted by Gasteiger charge is -2.07. The largest absolute Gasteiger partial charge is 0.497 e. The van der Waals surface area contributed by atoms with Crippen LogP contribution in [0.5, 0.6) is 5.75 Å². The van der Waals surface area contributed by atoms with Gasteiger partial charge in [-0.3, -0.25) is 9.89 Å². The molecule has 0 aliphatic rings. The first-order chi connectivity index (χ1) is 15.2. The molecule has 8 nitrogen and oxygen atoms in total. The third-order valence-corrected chi connectivity index (χ3v) is 5.92. The average Bonchev–Trinajstić information content (AvgIpc) is 3.44. The normalized spacial score (nSPS) is 11.1. The number of aromatic nitrogens is 5. The second kappa shape index (κ2) is 8.11. The zero-order chi connectivity index (χ0) is 21.2. The van der Waals surface area contributed by atoms with E-state index in [4.69, 9.17) is 4.74 Å². The number of carbonyl (C=O) groups excluding carboxylic acids is 1. The summed E-state index contributed by atoms with van der Waals surface area (Å²) in [4.78, 5) is 24.4. The Morgan fingerprint density at radius 2 is 2.10 bits per heavy atom. The van der Waals surface area contributed by atoms with E-state index in [9.17, 15) is 4.79 Å². The lowest BCUT2D eigenvalue weighted by atomic mass is 10.2. The molecule has 0 radical (unpaired) electrons. The summed E-state index contributed by atoms with van der Waals surface area (Å²) in [5, 5.41) is 12.5. The van der Waals surface area contributed by atoms with Crippen LogP contribution in [0.2, 0.25) is 0 Å². The molecule has 9 heteroatoms. The Kier molecular flexibility index (Phi) is 5.01. The predicted octanol–water partition coefficient (Wildman–Crippen LogP) is 4.39. The van der Waals surface area contributed by atoms with Crippen molar-refractivity contribution in [3.63, 3.8) is 0 Å². The van der Waals surface area contributed by atoms with Gasteiger partial charge in [-0.25, -0.2) is 9.97 Å². The lowest BCUT2D eigenvalue weighted by molar-refractivity contribution is 0.102. The molecule has 0 bridgehead atoms. The maximum absolute atomic E-state index is 12.7. The smallest absolute Gasteiger partial charge is 0.272 e. The predicted molar refractivity (Wildman–Crippen MR) is 120 cm³/mol. The summed E-state index contributed by atoms with van der Waals surface area (Å²) in [7, 11) is 1.62. The summed E-state index contributed by atoms with van der Waals surface area (Å²) in [6, 6.07) is 15.2. The zero-order valence-electron chi connectivity index (χ0n) is 16.5. The van der Waals surface area contributed by atoms with Gasteiger partial charge >= 0.3 is 0 Å². The van der Waals surface area contributed by atoms with Crippen LogP contribution in [0.3, 0.4) is 0 Å². The molecule has 3 N–H and O–H groups in total. The first-order valence-electron chi connectivity index (χ1n) is 9.53. The van der Waals surface area contributed by atoms with Crippen molar-refractivity contribution in [1.29, 1.82) is 0 Å². The second-order valence-corrected chi connectivity index (χ2v) is 7.85. The summed E-state index contributed by atoms with van der Waals surface area (Å²) in [6.07, 6.45) is 3.25. The van der Waals surface area contributed by atoms with E-state index >= 15 is 0 Å². The second-order valence-electron chi connectivity index (χ2n) is 6.89. The number of anilines is 1. The molecular weight excluding hydrogens is 412 g/mol. The summed E-state index contributed by atoms with van der Waals surface area (Å²) < 4.78 is 5.25. The minimum Gasteiger partial charge on any atom is -0.497 e. The number of fused-ring (bicyclic) bond motifs is 2. The Balaban J connectivity index is 1.30. The molecular formula is C22H18N6O2S. The van der Waals surface area contributed by atoms with Crippen molar-refractivity contribution in [3.05, 3.63) is 72.3 Å². The number of hydrogen-bond acceptors (Lipinski definition) is 6. The number of methoxy groups -OCH3 is 1. The number of rotatable bonds is 6. The molecule has 0 spiro atoms. The molecule has 0 saturated carbocycles. The van der Waals surface area contributed by atoms with Crippen LogP contribution in [0.25, 0.3) is 21.9 Å². The molecule has 154 valence electrons. The fourth-order valence-electron chi connectivity index (χ4n) is 3.31. The Hall–Kier alpha value is -3.85. The molecule has 2 aromatic carbocycles. The number of hydrogen-bond donors (Lipinski definition) is 3. The molecule has 0 fully saturated rings. The van der Waals surface area contributed by atoms with E-state index in [0.717, 1.165) is 44.0 Å². The SMILES string of the molecule is COc1ccc2[nH]c(C(=O)Nc3cccc(CSc4ncnc5[nH]ncc45)c3)cc2c1. The van der Waals surface area contributed by atoms with Crippen molar-refractivity contribution in [2.75, 3.05) is 12.4 Å². The van der Waals surface area contributed by atoms with Crippen molar-refractivity contribution in [2.24, 2.45) is 0 Å². The van der Waals surface area contributed by atoms with Crippen LogP contribution < -0.4 is 10.1 Å². The monoisotopic (exact) mass is 430 g/mol. The molecule has 3 heterocycles. The van der Waals surface area contributed by atoms with Crippen LogP contribution in [0.1, 0.15) is 16.1 Å². The number of carbonyl (C=O) groups is 1. The van der Waals surface area contributed by atoms with E-state index in [1.54, 1.807) is 25.1 Å². The number of aromatic amines is 2. The van der Waals surface area contributed by atoms with Crippen LogP contribution in [-0.2, 0) is 5.75 Å². The quantitative estimate of drug-likeness (QED) is 0.272. The Bertz CT molecular complexity index is 1390. The summed E-state index contributed by atoms with van der Waals surface area (Å²) in [6.45, 7) is 0. The van der Waals surface area contributed by atoms with Crippen molar-refractivity contribution < 1.29 is 9.53 Å². The molecule has 3 aromatic heterocycles. The number of ether oxygens (including phenoxy) is 1. The topological polar surface area (TPSA) is 109 Å². The Morgan fingerprint density at radius 3 is 3.00 bits per heavy atom. The highest BCUT2D eigenvalue weighted by Gasteiger charge is 2.11. The maximum Gasteiger partial charge on any atom is 0.272 e. The Morgan fingerprint density at radius 1 is 1.16 bits per heavy atom. The van der Waals surface area contributed by atoms with Crippen molar-refractivity contribution in [2.45, 2.75) is 10.8 Å². The molecule has 5 aromatic rings. The highest BCUT2D eigenvalue weighted by Crippen LogP contribution is 2.27. The van der Waals surface area contributed by atoms with Crippen molar-refractivity contribution in [3.8, 4) is 5.75 Å². The molecule has 0 atom stereocenters. The Labute approximate surface area is 181 Å². The zero-order valence-corrected chi connectivity index (χ0v) is 17.4. The molecule has 31 heavy (non-hydrogen) atoms. The fourth-order valence-corrected chi connectivity index (χ4v) is 4.22. The first-order valence-corrected chi connectivity index (χ1v) is 10.5. The first kappa shape index (κ1) is 19.1. The lowest BCUT2D eigenvalue weighted by Crippen LogP contribution is -2.12. The van der Waals surface area contributed by atoms with Gasteiger partial charge in [-0.2, -0.15) is 5.10 Å². The standard InChI is InChI=1S/C22H18N6O2S/c1-30-16-5-6-18-14(8-16)9-19(27-18)21(29)26-15-4-2-3-13(7-15)11-31-22-17-10-25-28-20(17)23-12-24-22/h2-10,12,27H,11H2,1H3,(H,26,29)(H,23,24,25,28). The summed E-state index contributed by atoms with van der Waals surface area (Å²) in [5.41, 5.74) is 3.89. The third kappa shape index (κ3) is 3.95. The van der Waals surface area contributed by atoms with Gasteiger partial charge in [0.25, 0.3) is 5.91 Å². The third-order valence-electron chi connectivity index (χ3n) is 4.84. The molecule has 1 amide bonds. The van der Waals surface area contributed by atoms with Gasteiger partial charge in [0.2, 0.25) is 0 Å². The average molecular weight is 430 g/mol. The van der Waals surface area contributed by atoms with E-state index in [0.29, 0.717) is 11.4 Å². The highest BCUT2D eigenvalue weighted by atomic mass is 32.2. The van der Waals surface area contributed by atoms with E-state index in [2.05, 4.69) is 30.5 Å². The molecule has 5 rings (SSSR count). The van der Waals surface area contributed by atoms with Crippen LogP contribution in [0.15, 0.2) is 66.1 Å². The van der Waals surface area contributed by atoms with E-state index in [-0.39, 0.29) is 5.91 Å². The van der Waals surface area contributed by atoms with Gasteiger partial charge in [0.05, 0.1) is 18.7 Å². The summed E-state index contributed by atoms with van der Waals surface area (Å²) >= 11 is 1.60. The number of amides is 1. The van der Waals surface area contributed by atoms with E-state index in [1.807, 2.05) is 48.5 Å². The van der Waals surface area contributed by atoms with Gasteiger partial charge in [-0.05, 0) is 42.0 Å². The molecule has 0 aliphatic heterocycles. The van der Waals surface area contributed by atoms with Gasteiger partial charge in [0.1, 0.15) is 22.8 Å². The van der Waals surface area contributed by atoms with Gasteiger partial charge in [-0.15, -0.1) is 11.8 Å². The van der Waals surface area contributed by atoms with E-state index in [1.165, 1.54) is 6.33 Å².